The lowest BCUT2D eigenvalue weighted by atomic mass is 10.0. The predicted molar refractivity (Wildman–Crippen MR) is 83.2 cm³/mol. The Bertz CT molecular complexity index is 529. The minimum atomic E-state index is -0.0390. The van der Waals surface area contributed by atoms with E-state index in [4.69, 9.17) is 9.84 Å². The Morgan fingerprint density at radius 2 is 2.19 bits per heavy atom. The summed E-state index contributed by atoms with van der Waals surface area (Å²) in [4.78, 5) is 14.3. The third-order valence-electron chi connectivity index (χ3n) is 3.10. The van der Waals surface area contributed by atoms with Gasteiger partial charge in [0.15, 0.2) is 0 Å². The van der Waals surface area contributed by atoms with Gasteiger partial charge in [-0.15, -0.1) is 0 Å². The Morgan fingerprint density at radius 3 is 2.81 bits per heavy atom. The normalized spacial score (nSPS) is 9.90. The monoisotopic (exact) mass is 289 g/mol. The van der Waals surface area contributed by atoms with Gasteiger partial charge in [-0.25, -0.2) is 0 Å². The molecular weight excluding hydrogens is 266 g/mol. The van der Waals surface area contributed by atoms with Gasteiger partial charge in [0.2, 0.25) is 0 Å². The maximum absolute atomic E-state index is 12.6. The van der Waals surface area contributed by atoms with E-state index in [-0.39, 0.29) is 12.5 Å². The number of hydrogen-bond acceptors (Lipinski definition) is 3. The molecule has 0 aliphatic heterocycles. The Morgan fingerprint density at radius 1 is 1.43 bits per heavy atom. The largest absolute Gasteiger partial charge is 0.395 e. The van der Waals surface area contributed by atoms with Gasteiger partial charge in [0.25, 0.3) is 5.91 Å². The molecule has 1 amide bonds. The van der Waals surface area contributed by atoms with Crippen molar-refractivity contribution in [1.29, 1.82) is 0 Å². The van der Waals surface area contributed by atoms with Gasteiger partial charge in [-0.2, -0.15) is 0 Å². The van der Waals surface area contributed by atoms with Crippen LogP contribution in [0.4, 0.5) is 0 Å². The van der Waals surface area contributed by atoms with Crippen molar-refractivity contribution >= 4 is 5.91 Å². The van der Waals surface area contributed by atoms with E-state index in [1.807, 2.05) is 32.0 Å². The summed E-state index contributed by atoms with van der Waals surface area (Å²) in [5.41, 5.74) is 2.37. The van der Waals surface area contributed by atoms with Crippen molar-refractivity contribution in [2.24, 2.45) is 0 Å². The molecule has 0 bridgehead atoms. The number of aliphatic hydroxyl groups is 1. The smallest absolute Gasteiger partial charge is 0.255 e. The Kier molecular flexibility index (Phi) is 7.52. The fourth-order valence-corrected chi connectivity index (χ4v) is 1.94. The topological polar surface area (TPSA) is 49.8 Å². The first kappa shape index (κ1) is 17.2. The van der Waals surface area contributed by atoms with E-state index < -0.39 is 0 Å². The molecule has 1 aromatic carbocycles. The van der Waals surface area contributed by atoms with Crippen LogP contribution in [0.3, 0.4) is 0 Å². The first-order chi connectivity index (χ1) is 10.1. The van der Waals surface area contributed by atoms with Crippen LogP contribution in [0, 0.1) is 18.8 Å². The molecule has 21 heavy (non-hydrogen) atoms. The number of carbonyl (C=O) groups is 1. The van der Waals surface area contributed by atoms with Crippen LogP contribution in [-0.4, -0.2) is 49.3 Å². The number of nitrogens with zero attached hydrogens (tertiary/aromatic N) is 1. The van der Waals surface area contributed by atoms with Crippen molar-refractivity contribution in [2.75, 3.05) is 33.4 Å². The molecule has 0 aliphatic rings. The standard InChI is InChI=1S/C17H23NO3/c1-4-18(10-12-21-3)17(20)16-9-8-14(2)13-15(16)7-5-6-11-19/h8-9,13,19H,4,6,10-12H2,1-3H3. The van der Waals surface area contributed by atoms with Gasteiger partial charge in [-0.3, -0.25) is 4.79 Å². The van der Waals surface area contributed by atoms with Crippen LogP contribution in [-0.2, 0) is 4.74 Å². The highest BCUT2D eigenvalue weighted by Gasteiger charge is 2.16. The number of aryl methyl sites for hydroxylation is 1. The average molecular weight is 289 g/mol. The van der Waals surface area contributed by atoms with E-state index in [1.54, 1.807) is 12.0 Å². The quantitative estimate of drug-likeness (QED) is 0.813. The van der Waals surface area contributed by atoms with Crippen LogP contribution in [0.25, 0.3) is 0 Å². The molecule has 0 heterocycles. The lowest BCUT2D eigenvalue weighted by Crippen LogP contribution is -2.34. The highest BCUT2D eigenvalue weighted by atomic mass is 16.5. The van der Waals surface area contributed by atoms with Gasteiger partial charge in [0.05, 0.1) is 18.8 Å². The summed E-state index contributed by atoms with van der Waals surface area (Å²) in [6.07, 6.45) is 0.405. The van der Waals surface area contributed by atoms with E-state index in [2.05, 4.69) is 11.8 Å². The SMILES string of the molecule is CCN(CCOC)C(=O)c1ccc(C)cc1C#CCCO. The number of carbonyl (C=O) groups excluding carboxylic acids is 1. The second-order valence-electron chi connectivity index (χ2n) is 4.70. The number of amides is 1. The summed E-state index contributed by atoms with van der Waals surface area (Å²) in [5, 5.41) is 8.81. The maximum atomic E-state index is 12.6. The van der Waals surface area contributed by atoms with Crippen LogP contribution in [0.5, 0.6) is 0 Å². The molecule has 4 heteroatoms. The molecule has 0 unspecified atom stereocenters. The Balaban J connectivity index is 3.05. The zero-order chi connectivity index (χ0) is 15.7. The summed E-state index contributed by atoms with van der Waals surface area (Å²) >= 11 is 0. The van der Waals surface area contributed by atoms with Gasteiger partial charge in [-0.05, 0) is 31.5 Å². The summed E-state index contributed by atoms with van der Waals surface area (Å²) in [6, 6.07) is 5.63. The summed E-state index contributed by atoms with van der Waals surface area (Å²) in [5.74, 6) is 5.82. The van der Waals surface area contributed by atoms with Crippen molar-refractivity contribution in [3.8, 4) is 11.8 Å². The van der Waals surface area contributed by atoms with Crippen LogP contribution in [0.2, 0.25) is 0 Å². The number of benzene rings is 1. The first-order valence-electron chi connectivity index (χ1n) is 7.12. The molecule has 1 rings (SSSR count). The number of rotatable bonds is 6. The number of hydrogen-bond donors (Lipinski definition) is 1. The summed E-state index contributed by atoms with van der Waals surface area (Å²) in [6.45, 7) is 5.63. The van der Waals surface area contributed by atoms with Crippen LogP contribution in [0.15, 0.2) is 18.2 Å². The molecule has 0 radical (unpaired) electrons. The van der Waals surface area contributed by atoms with Crippen LogP contribution in [0.1, 0.15) is 34.8 Å². The molecule has 1 aromatic rings. The van der Waals surface area contributed by atoms with E-state index in [9.17, 15) is 4.79 Å². The van der Waals surface area contributed by atoms with Gasteiger partial charge >= 0.3 is 0 Å². The molecule has 0 aromatic heterocycles. The molecule has 1 N–H and O–H groups in total. The van der Waals surface area contributed by atoms with Gasteiger partial charge in [0.1, 0.15) is 0 Å². The first-order valence-corrected chi connectivity index (χ1v) is 7.12. The average Bonchev–Trinajstić information content (AvgIpc) is 2.48. The fraction of sp³-hybridized carbons (Fsp3) is 0.471. The molecule has 0 saturated heterocycles. The summed E-state index contributed by atoms with van der Waals surface area (Å²) < 4.78 is 5.04. The van der Waals surface area contributed by atoms with Gasteiger partial charge < -0.3 is 14.7 Å². The maximum Gasteiger partial charge on any atom is 0.255 e. The van der Waals surface area contributed by atoms with E-state index >= 15 is 0 Å². The Labute approximate surface area is 126 Å². The second kappa shape index (κ2) is 9.17. The molecule has 0 fully saturated rings. The van der Waals surface area contributed by atoms with E-state index in [1.165, 1.54) is 0 Å². The van der Waals surface area contributed by atoms with Gasteiger partial charge in [-0.1, -0.05) is 17.9 Å². The zero-order valence-electron chi connectivity index (χ0n) is 13.0. The van der Waals surface area contributed by atoms with Crippen molar-refractivity contribution in [2.45, 2.75) is 20.3 Å². The second-order valence-corrected chi connectivity index (χ2v) is 4.70. The summed E-state index contributed by atoms with van der Waals surface area (Å²) in [7, 11) is 1.62. The molecule has 0 saturated carbocycles. The molecule has 0 aliphatic carbocycles. The molecule has 4 nitrogen and oxygen atoms in total. The van der Waals surface area contributed by atoms with E-state index in [0.29, 0.717) is 37.2 Å². The van der Waals surface area contributed by atoms with Crippen molar-refractivity contribution in [1.82, 2.24) is 4.90 Å². The van der Waals surface area contributed by atoms with Crippen LogP contribution < -0.4 is 0 Å². The zero-order valence-corrected chi connectivity index (χ0v) is 13.0. The minimum Gasteiger partial charge on any atom is -0.395 e. The molecule has 0 atom stereocenters. The number of ether oxygens (including phenoxy) is 1. The van der Waals surface area contributed by atoms with Crippen LogP contribution >= 0.6 is 0 Å². The van der Waals surface area contributed by atoms with Crippen molar-refractivity contribution in [3.05, 3.63) is 34.9 Å². The molecular formula is C17H23NO3. The third kappa shape index (κ3) is 5.22. The fourth-order valence-electron chi connectivity index (χ4n) is 1.94. The number of methoxy groups -OCH3 is 1. The minimum absolute atomic E-state index is 0.0248. The number of likely N-dealkylation sites (N-methyl/N-ethyl adjacent to an activating group) is 1. The third-order valence-corrected chi connectivity index (χ3v) is 3.10. The lowest BCUT2D eigenvalue weighted by Gasteiger charge is -2.21. The van der Waals surface area contributed by atoms with Crippen molar-refractivity contribution in [3.63, 3.8) is 0 Å². The number of aliphatic hydroxyl groups excluding tert-OH is 1. The highest BCUT2D eigenvalue weighted by molar-refractivity contribution is 5.96. The molecule has 114 valence electrons. The Hall–Kier alpha value is -1.83. The van der Waals surface area contributed by atoms with E-state index in [0.717, 1.165) is 5.56 Å². The predicted octanol–water partition coefficient (Wildman–Crippen LogP) is 1.84. The lowest BCUT2D eigenvalue weighted by molar-refractivity contribution is 0.0706. The van der Waals surface area contributed by atoms with Crippen molar-refractivity contribution < 1.29 is 14.6 Å². The molecule has 0 spiro atoms. The van der Waals surface area contributed by atoms with Gasteiger partial charge in [0, 0.05) is 32.2 Å². The highest BCUT2D eigenvalue weighted by Crippen LogP contribution is 2.13.